The highest BCUT2D eigenvalue weighted by Gasteiger charge is 2.25. The molecule has 0 spiro atoms. The van der Waals surface area contributed by atoms with Gasteiger partial charge >= 0.3 is 0 Å². The summed E-state index contributed by atoms with van der Waals surface area (Å²) in [6.45, 7) is 5.58. The van der Waals surface area contributed by atoms with E-state index < -0.39 is 17.2 Å². The number of rotatable bonds is 10. The van der Waals surface area contributed by atoms with Crippen molar-refractivity contribution in [2.24, 2.45) is 9.98 Å². The molecule has 39 heavy (non-hydrogen) atoms. The van der Waals surface area contributed by atoms with Crippen LogP contribution >= 0.6 is 0 Å². The van der Waals surface area contributed by atoms with Gasteiger partial charge in [-0.3, -0.25) is 4.79 Å². The Labute approximate surface area is 229 Å². The zero-order valence-corrected chi connectivity index (χ0v) is 24.3. The number of aromatic nitrogens is 1. The third-order valence-corrected chi connectivity index (χ3v) is 6.55. The van der Waals surface area contributed by atoms with E-state index in [2.05, 4.69) is 57.3 Å². The molecule has 0 unspecified atom stereocenters. The van der Waals surface area contributed by atoms with Crippen molar-refractivity contribution in [3.05, 3.63) is 38.5 Å². The van der Waals surface area contributed by atoms with E-state index in [1.807, 2.05) is 0 Å². The summed E-state index contributed by atoms with van der Waals surface area (Å²) < 4.78 is 7.65. The fourth-order valence-electron chi connectivity index (χ4n) is 4.28. The van der Waals surface area contributed by atoms with Gasteiger partial charge in [-0.2, -0.15) is 0 Å². The molecule has 4 N–H and O–H groups in total. The number of anilines is 2. The largest absolute Gasteiger partial charge is 0.858 e. The summed E-state index contributed by atoms with van der Waals surface area (Å²) in [6.07, 6.45) is 1.40. The van der Waals surface area contributed by atoms with Crippen LogP contribution in [-0.2, 0) is 0 Å². The molecule has 3 rings (SSSR count). The van der Waals surface area contributed by atoms with Crippen LogP contribution in [-0.4, -0.2) is 94.2 Å². The van der Waals surface area contributed by atoms with Crippen molar-refractivity contribution in [1.29, 1.82) is 0 Å². The van der Waals surface area contributed by atoms with Gasteiger partial charge in [-0.1, -0.05) is 0 Å². The van der Waals surface area contributed by atoms with E-state index >= 15 is 0 Å². The first-order valence-electron chi connectivity index (χ1n) is 13.0. The van der Waals surface area contributed by atoms with Crippen LogP contribution in [0.25, 0.3) is 22.6 Å². The molecule has 0 amide bonds. The summed E-state index contributed by atoms with van der Waals surface area (Å²) in [5, 5.41) is 26.4. The third-order valence-electron chi connectivity index (χ3n) is 6.55. The lowest BCUT2D eigenvalue weighted by molar-refractivity contribution is -0.870. The highest BCUT2D eigenvalue weighted by Crippen LogP contribution is 2.35. The van der Waals surface area contributed by atoms with E-state index in [4.69, 9.17) is 15.9 Å². The molecule has 0 bridgehead atoms. The Kier molecular flexibility index (Phi) is 8.56. The number of hydrogen-bond donors (Lipinski definition) is 2. The summed E-state index contributed by atoms with van der Waals surface area (Å²) in [6, 6.07) is 1.52. The molecule has 1 aliphatic heterocycles. The molecule has 1 aromatic rings. The molecule has 0 saturated heterocycles. The number of benzene rings is 2. The minimum atomic E-state index is -0.650. The van der Waals surface area contributed by atoms with Crippen LogP contribution in [0.15, 0.2) is 25.3 Å². The van der Waals surface area contributed by atoms with Crippen molar-refractivity contribution in [2.45, 2.75) is 26.7 Å². The van der Waals surface area contributed by atoms with Crippen LogP contribution in [0.2, 0.25) is 0 Å². The van der Waals surface area contributed by atoms with E-state index in [0.717, 1.165) is 28.5 Å². The van der Waals surface area contributed by atoms with Gasteiger partial charge in [0.25, 0.3) is 0 Å². The molecule has 11 heteroatoms. The lowest BCUT2D eigenvalue weighted by Crippen LogP contribution is -2.35. The second-order valence-corrected chi connectivity index (χ2v) is 12.1. The Morgan fingerprint density at radius 1 is 0.923 bits per heavy atom. The molecule has 0 radical (unpaired) electrons. The van der Waals surface area contributed by atoms with Gasteiger partial charge in [0.15, 0.2) is 11.3 Å². The third kappa shape index (κ3) is 6.85. The van der Waals surface area contributed by atoms with Crippen LogP contribution in [0.3, 0.4) is 0 Å². The van der Waals surface area contributed by atoms with Crippen molar-refractivity contribution < 1.29 is 23.6 Å². The second kappa shape index (κ2) is 11.2. The molecule has 0 aromatic heterocycles. The fourth-order valence-corrected chi connectivity index (χ4v) is 4.28. The smallest absolute Gasteiger partial charge is 0.208 e. The number of aryl methyl sites for hydroxylation is 1. The van der Waals surface area contributed by atoms with Crippen molar-refractivity contribution in [1.82, 2.24) is 4.98 Å². The summed E-state index contributed by atoms with van der Waals surface area (Å²) in [5.41, 5.74) is 13.3. The topological polar surface area (TPSA) is 166 Å². The van der Waals surface area contributed by atoms with E-state index in [0.29, 0.717) is 24.2 Å². The zero-order valence-electron chi connectivity index (χ0n) is 24.3. The van der Waals surface area contributed by atoms with E-state index in [-0.39, 0.29) is 51.5 Å². The molecule has 1 aromatic carbocycles. The van der Waals surface area contributed by atoms with Crippen molar-refractivity contribution in [3.8, 4) is 11.5 Å². The summed E-state index contributed by atoms with van der Waals surface area (Å²) in [5.74, 6) is -1.03. The minimum absolute atomic E-state index is 0.0840. The first kappa shape index (κ1) is 29.9. The van der Waals surface area contributed by atoms with E-state index in [1.165, 1.54) is 6.07 Å². The maximum Gasteiger partial charge on any atom is 0.208 e. The van der Waals surface area contributed by atoms with Crippen molar-refractivity contribution in [3.63, 3.8) is 0 Å². The Hall–Kier alpha value is -3.70. The lowest BCUT2D eigenvalue weighted by Gasteiger charge is -2.24. The van der Waals surface area contributed by atoms with Gasteiger partial charge < -0.3 is 45.0 Å². The van der Waals surface area contributed by atoms with Crippen molar-refractivity contribution >= 4 is 34.3 Å². The number of nitrogens with zero attached hydrogens (tertiary/aromatic N) is 5. The van der Waals surface area contributed by atoms with Gasteiger partial charge in [0.1, 0.15) is 11.2 Å². The van der Waals surface area contributed by atoms with Gasteiger partial charge in [0.05, 0.1) is 61.1 Å². The molecule has 2 aliphatic rings. The number of fused-ring (bicyclic) bond motifs is 2. The summed E-state index contributed by atoms with van der Waals surface area (Å²) in [4.78, 5) is 26.0. The maximum absolute atomic E-state index is 13.2. The van der Waals surface area contributed by atoms with Crippen LogP contribution in [0.5, 0.6) is 0 Å². The summed E-state index contributed by atoms with van der Waals surface area (Å²) >= 11 is 0. The van der Waals surface area contributed by atoms with Gasteiger partial charge in [0.2, 0.25) is 5.43 Å². The van der Waals surface area contributed by atoms with E-state index in [9.17, 15) is 15.0 Å². The van der Waals surface area contributed by atoms with Crippen LogP contribution in [0.4, 0.5) is 11.4 Å². The average molecular weight is 540 g/mol. The van der Waals surface area contributed by atoms with Crippen LogP contribution in [0.1, 0.15) is 35.1 Å². The van der Waals surface area contributed by atoms with Gasteiger partial charge in [0, 0.05) is 53.9 Å². The minimum Gasteiger partial charge on any atom is -0.858 e. The predicted molar refractivity (Wildman–Crippen MR) is 153 cm³/mol. The number of nitrogen functional groups attached to an aromatic ring is 2. The highest BCUT2D eigenvalue weighted by atomic mass is 16.3. The number of quaternary nitrogens is 2. The molecule has 0 saturated carbocycles. The van der Waals surface area contributed by atoms with Gasteiger partial charge in [-0.05, 0) is 31.7 Å². The first-order valence-corrected chi connectivity index (χ1v) is 13.0. The first-order chi connectivity index (χ1) is 18.0. The molecule has 0 fully saturated rings. The molecular weight excluding hydrogens is 498 g/mol. The highest BCUT2D eigenvalue weighted by molar-refractivity contribution is 6.07. The second-order valence-electron chi connectivity index (χ2n) is 12.1. The SMILES string of the molecule is Cc1c2oc3c(C)c(N)cc(C([O-])=NCCC[N+](C)(C)C)c3nc-2c(C([O-])=NCCC[N+](C)(C)C)c(N)c1=O. The Morgan fingerprint density at radius 2 is 1.46 bits per heavy atom. The standard InChI is InChI=1S/C28H41N7O4/c1-16-19(29)15-18(27(37)31-11-9-13-34(3,4)5)22-25(16)39-26-17(2)24(36)21(30)20(23(26)33-22)28(38)32-12-10-14-35(6,7)8/h15H,9-14H2,1-8H3,(H4-2,29,30,31,32,33,36,37,38). The fraction of sp³-hybridized carbons (Fsp3) is 0.500. The number of aliphatic imine (C=N–C) groups is 2. The monoisotopic (exact) mass is 539 g/mol. The quantitative estimate of drug-likeness (QED) is 0.0944. The molecule has 1 heterocycles. The van der Waals surface area contributed by atoms with Gasteiger partial charge in [-0.25, -0.2) is 4.98 Å². The molecular formula is C28H41N7O4. The number of hydrogen-bond acceptors (Lipinski definition) is 9. The Bertz CT molecular complexity index is 1460. The molecule has 11 nitrogen and oxygen atoms in total. The maximum atomic E-state index is 13.2. The molecule has 212 valence electrons. The molecule has 0 atom stereocenters. The predicted octanol–water partition coefficient (Wildman–Crippen LogP) is 0.480. The van der Waals surface area contributed by atoms with Crippen molar-refractivity contribution in [2.75, 3.05) is 79.9 Å². The van der Waals surface area contributed by atoms with Crippen LogP contribution in [0, 0.1) is 13.8 Å². The molecule has 1 aliphatic carbocycles. The van der Waals surface area contributed by atoms with Gasteiger partial charge in [-0.15, -0.1) is 0 Å². The van der Waals surface area contributed by atoms with Crippen LogP contribution < -0.4 is 27.1 Å². The van der Waals surface area contributed by atoms with E-state index in [1.54, 1.807) is 13.8 Å². The summed E-state index contributed by atoms with van der Waals surface area (Å²) in [7, 11) is 12.4. The number of nitrogens with two attached hydrogens (primary N) is 2. The average Bonchev–Trinajstić information content (AvgIpc) is 2.83. The normalized spacial score (nSPS) is 13.5. The Balaban J connectivity index is 2.20. The zero-order chi connectivity index (χ0) is 29.3. The Morgan fingerprint density at radius 3 is 2.00 bits per heavy atom. The lowest BCUT2D eigenvalue weighted by atomic mass is 9.99.